The number of carbonyl (C=O) groups excluding carboxylic acids is 2. The molecule has 3 saturated heterocycles. The molecule has 34 heavy (non-hydrogen) atoms. The third kappa shape index (κ3) is 4.04. The molecule has 3 aliphatic heterocycles. The van der Waals surface area contributed by atoms with Gasteiger partial charge in [0.15, 0.2) is 0 Å². The van der Waals surface area contributed by atoms with Gasteiger partial charge in [-0.1, -0.05) is 60.2 Å². The maximum atomic E-state index is 14.0. The number of carbonyl (C=O) groups is 2. The number of hydrogen-bond acceptors (Lipinski definition) is 3. The van der Waals surface area contributed by atoms with E-state index in [-0.39, 0.29) is 23.3 Å². The van der Waals surface area contributed by atoms with Crippen LogP contribution in [0, 0.1) is 12.3 Å². The van der Waals surface area contributed by atoms with Gasteiger partial charge >= 0.3 is 0 Å². The third-order valence-corrected chi connectivity index (χ3v) is 8.60. The average Bonchev–Trinajstić information content (AvgIpc) is 3.09. The minimum atomic E-state index is -0.513. The second-order valence-corrected chi connectivity index (χ2v) is 10.6. The van der Waals surface area contributed by atoms with E-state index in [9.17, 15) is 9.59 Å². The van der Waals surface area contributed by atoms with Crippen molar-refractivity contribution >= 4 is 11.8 Å². The Morgan fingerprint density at radius 2 is 1.71 bits per heavy atom. The summed E-state index contributed by atoms with van der Waals surface area (Å²) in [6, 6.07) is 19.1. The quantitative estimate of drug-likeness (QED) is 0.690. The van der Waals surface area contributed by atoms with Gasteiger partial charge in [-0.3, -0.25) is 9.59 Å². The molecule has 2 aromatic carbocycles. The molecule has 2 aromatic rings. The van der Waals surface area contributed by atoms with E-state index in [1.165, 1.54) is 11.1 Å². The number of piperidine rings is 1. The highest BCUT2D eigenvalue weighted by Crippen LogP contribution is 2.46. The normalized spacial score (nSPS) is 23.9. The van der Waals surface area contributed by atoms with Crippen LogP contribution in [0.3, 0.4) is 0 Å². The van der Waals surface area contributed by atoms with Crippen LogP contribution in [-0.2, 0) is 26.2 Å². The van der Waals surface area contributed by atoms with Crippen molar-refractivity contribution in [1.82, 2.24) is 9.80 Å². The van der Waals surface area contributed by atoms with Crippen LogP contribution < -0.4 is 0 Å². The fraction of sp³-hybridized carbons (Fsp3) is 0.517. The van der Waals surface area contributed by atoms with Gasteiger partial charge in [-0.05, 0) is 56.6 Å². The fourth-order valence-electron chi connectivity index (χ4n) is 6.46. The molecule has 0 saturated carbocycles. The van der Waals surface area contributed by atoms with Crippen LogP contribution in [-0.4, -0.2) is 61.0 Å². The van der Waals surface area contributed by atoms with Crippen LogP contribution in [0.5, 0.6) is 0 Å². The first kappa shape index (κ1) is 23.1. The van der Waals surface area contributed by atoms with Crippen molar-refractivity contribution in [3.05, 3.63) is 71.3 Å². The summed E-state index contributed by atoms with van der Waals surface area (Å²) in [5.74, 6) is 0.482. The molecule has 1 spiro atoms. The zero-order chi connectivity index (χ0) is 23.8. The SMILES string of the molecule is Cc1cccc(C2(C(=O)N3CCC4(CC3)CC(Cc3ccccc3)N(C)C4=O)CCOCC2)c1. The number of benzene rings is 2. The lowest BCUT2D eigenvalue weighted by Gasteiger charge is -2.44. The van der Waals surface area contributed by atoms with Gasteiger partial charge in [0.05, 0.1) is 10.8 Å². The first-order valence-electron chi connectivity index (χ1n) is 12.7. The Hall–Kier alpha value is -2.66. The van der Waals surface area contributed by atoms with Crippen LogP contribution in [0.1, 0.15) is 48.8 Å². The lowest BCUT2D eigenvalue weighted by molar-refractivity contribution is -0.147. The first-order valence-corrected chi connectivity index (χ1v) is 12.7. The topological polar surface area (TPSA) is 49.9 Å². The van der Waals surface area contributed by atoms with Gasteiger partial charge < -0.3 is 14.5 Å². The third-order valence-electron chi connectivity index (χ3n) is 8.60. The molecule has 5 rings (SSSR count). The molecule has 3 aliphatic rings. The lowest BCUT2D eigenvalue weighted by Crippen LogP contribution is -2.54. The number of aryl methyl sites for hydroxylation is 1. The van der Waals surface area contributed by atoms with Gasteiger partial charge in [-0.15, -0.1) is 0 Å². The lowest BCUT2D eigenvalue weighted by atomic mass is 9.71. The molecule has 0 aliphatic carbocycles. The average molecular weight is 461 g/mol. The summed E-state index contributed by atoms with van der Waals surface area (Å²) < 4.78 is 5.66. The standard InChI is InChI=1S/C29H36N2O3/c1-22-7-6-10-24(19-22)29(13-17-34-18-14-29)27(33)31-15-11-28(12-16-31)21-25(30(2)26(28)32)20-23-8-4-3-5-9-23/h3-10,19,25H,11-18,20-21H2,1-2H3. The molecule has 5 nitrogen and oxygen atoms in total. The Kier molecular flexibility index (Phi) is 6.24. The summed E-state index contributed by atoms with van der Waals surface area (Å²) >= 11 is 0. The highest BCUT2D eigenvalue weighted by Gasteiger charge is 2.53. The van der Waals surface area contributed by atoms with Crippen LogP contribution >= 0.6 is 0 Å². The molecule has 0 radical (unpaired) electrons. The minimum Gasteiger partial charge on any atom is -0.381 e. The predicted molar refractivity (Wildman–Crippen MR) is 132 cm³/mol. The Morgan fingerprint density at radius 3 is 2.38 bits per heavy atom. The van der Waals surface area contributed by atoms with Gasteiger partial charge in [-0.25, -0.2) is 0 Å². The molecule has 5 heteroatoms. The fourth-order valence-corrected chi connectivity index (χ4v) is 6.46. The van der Waals surface area contributed by atoms with Gasteiger partial charge in [0.2, 0.25) is 11.8 Å². The van der Waals surface area contributed by atoms with Gasteiger partial charge in [0.25, 0.3) is 0 Å². The molecule has 0 bridgehead atoms. The van der Waals surface area contributed by atoms with E-state index in [4.69, 9.17) is 4.74 Å². The number of likely N-dealkylation sites (N-methyl/N-ethyl adjacent to an activating group) is 1. The molecule has 180 valence electrons. The van der Waals surface area contributed by atoms with Gasteiger partial charge in [0.1, 0.15) is 0 Å². The van der Waals surface area contributed by atoms with Crippen molar-refractivity contribution in [2.75, 3.05) is 33.4 Å². The van der Waals surface area contributed by atoms with E-state index >= 15 is 0 Å². The van der Waals surface area contributed by atoms with Crippen molar-refractivity contribution in [2.24, 2.45) is 5.41 Å². The summed E-state index contributed by atoms with van der Waals surface area (Å²) in [4.78, 5) is 31.4. The molecule has 0 aromatic heterocycles. The van der Waals surface area contributed by atoms with E-state index in [2.05, 4.69) is 55.5 Å². The molecule has 1 atom stereocenters. The zero-order valence-corrected chi connectivity index (χ0v) is 20.5. The highest BCUT2D eigenvalue weighted by atomic mass is 16.5. The predicted octanol–water partition coefficient (Wildman–Crippen LogP) is 4.13. The molecular weight excluding hydrogens is 424 g/mol. The smallest absolute Gasteiger partial charge is 0.233 e. The second kappa shape index (κ2) is 9.18. The molecule has 1 unspecified atom stereocenters. The number of rotatable bonds is 4. The summed E-state index contributed by atoms with van der Waals surface area (Å²) in [6.07, 6.45) is 4.73. The molecule has 0 N–H and O–H groups in total. The minimum absolute atomic E-state index is 0.218. The number of nitrogens with zero attached hydrogens (tertiary/aromatic N) is 2. The Labute approximate surface area is 203 Å². The Balaban J connectivity index is 1.31. The van der Waals surface area contributed by atoms with E-state index in [1.54, 1.807) is 0 Å². The van der Waals surface area contributed by atoms with Crippen molar-refractivity contribution < 1.29 is 14.3 Å². The Bertz CT molecular complexity index is 1040. The number of ether oxygens (including phenoxy) is 1. The van der Waals surface area contributed by atoms with Gasteiger partial charge in [-0.2, -0.15) is 0 Å². The molecule has 2 amide bonds. The summed E-state index contributed by atoms with van der Waals surface area (Å²) in [5, 5.41) is 0. The maximum Gasteiger partial charge on any atom is 0.233 e. The highest BCUT2D eigenvalue weighted by molar-refractivity contribution is 5.90. The first-order chi connectivity index (χ1) is 16.4. The summed E-state index contributed by atoms with van der Waals surface area (Å²) in [6.45, 7) is 4.62. The number of hydrogen-bond donors (Lipinski definition) is 0. The van der Waals surface area contributed by atoms with Crippen LogP contribution in [0.25, 0.3) is 0 Å². The second-order valence-electron chi connectivity index (χ2n) is 10.6. The van der Waals surface area contributed by atoms with Gasteiger partial charge in [0, 0.05) is 39.4 Å². The largest absolute Gasteiger partial charge is 0.381 e. The van der Waals surface area contributed by atoms with E-state index in [0.717, 1.165) is 44.1 Å². The van der Waals surface area contributed by atoms with Crippen molar-refractivity contribution in [3.8, 4) is 0 Å². The van der Waals surface area contributed by atoms with E-state index < -0.39 is 5.41 Å². The van der Waals surface area contributed by atoms with E-state index in [1.807, 2.05) is 22.9 Å². The zero-order valence-electron chi connectivity index (χ0n) is 20.5. The van der Waals surface area contributed by atoms with Crippen molar-refractivity contribution in [2.45, 2.75) is 56.9 Å². The summed E-state index contributed by atoms with van der Waals surface area (Å²) in [7, 11) is 1.96. The summed E-state index contributed by atoms with van der Waals surface area (Å²) in [5.41, 5.74) is 2.73. The Morgan fingerprint density at radius 1 is 1.00 bits per heavy atom. The van der Waals surface area contributed by atoms with Crippen LogP contribution in [0.4, 0.5) is 0 Å². The van der Waals surface area contributed by atoms with Crippen molar-refractivity contribution in [1.29, 1.82) is 0 Å². The van der Waals surface area contributed by atoms with Crippen LogP contribution in [0.15, 0.2) is 54.6 Å². The van der Waals surface area contributed by atoms with Crippen molar-refractivity contribution in [3.63, 3.8) is 0 Å². The number of likely N-dealkylation sites (tertiary alicyclic amines) is 2. The van der Waals surface area contributed by atoms with Crippen LogP contribution in [0.2, 0.25) is 0 Å². The number of amides is 2. The molecular formula is C29H36N2O3. The molecule has 3 heterocycles. The monoisotopic (exact) mass is 460 g/mol. The van der Waals surface area contributed by atoms with E-state index in [0.29, 0.717) is 26.3 Å². The maximum absolute atomic E-state index is 14.0. The molecule has 3 fully saturated rings.